The third kappa shape index (κ3) is 3.60. The van der Waals surface area contributed by atoms with Crippen LogP contribution in [0.4, 0.5) is 5.82 Å². The van der Waals surface area contributed by atoms with Crippen molar-refractivity contribution in [1.82, 2.24) is 24.7 Å². The van der Waals surface area contributed by atoms with Crippen LogP contribution in [0, 0.1) is 0 Å². The number of rotatable bonds is 4. The van der Waals surface area contributed by atoms with E-state index >= 15 is 0 Å². The molecule has 28 heavy (non-hydrogen) atoms. The normalized spacial score (nSPS) is 24.2. The number of β-amino-alcohol motifs (C(OH)–C–C–N with tert-alkyl or cyclic N) is 1. The first-order chi connectivity index (χ1) is 13.7. The van der Waals surface area contributed by atoms with Gasteiger partial charge in [-0.3, -0.25) is 0 Å². The molecule has 0 bridgehead atoms. The van der Waals surface area contributed by atoms with Crippen LogP contribution in [0.15, 0.2) is 12.1 Å². The van der Waals surface area contributed by atoms with Gasteiger partial charge in [0.2, 0.25) is 0 Å². The van der Waals surface area contributed by atoms with E-state index in [4.69, 9.17) is 9.84 Å². The molecule has 5 rings (SSSR count). The Morgan fingerprint density at radius 2 is 1.79 bits per heavy atom. The van der Waals surface area contributed by atoms with Gasteiger partial charge in [-0.2, -0.15) is 4.52 Å². The zero-order chi connectivity index (χ0) is 19.0. The molecule has 152 valence electrons. The number of likely N-dealkylation sites (tertiary alicyclic amines) is 1. The fourth-order valence-corrected chi connectivity index (χ4v) is 4.84. The monoisotopic (exact) mass is 386 g/mol. The van der Waals surface area contributed by atoms with Crippen LogP contribution < -0.4 is 4.90 Å². The summed E-state index contributed by atoms with van der Waals surface area (Å²) in [5, 5.41) is 24.5. The number of anilines is 1. The molecule has 0 aromatic carbocycles. The maximum Gasteiger partial charge on any atom is 0.178 e. The van der Waals surface area contributed by atoms with E-state index in [0.717, 1.165) is 75.7 Å². The van der Waals surface area contributed by atoms with Crippen molar-refractivity contribution < 1.29 is 9.84 Å². The number of hydrogen-bond acceptors (Lipinski definition) is 7. The van der Waals surface area contributed by atoms with Crippen molar-refractivity contribution in [3.63, 3.8) is 0 Å². The number of piperidine rings is 1. The van der Waals surface area contributed by atoms with Crippen LogP contribution in [-0.4, -0.2) is 81.4 Å². The van der Waals surface area contributed by atoms with Gasteiger partial charge in [0, 0.05) is 51.6 Å². The first kappa shape index (κ1) is 18.3. The van der Waals surface area contributed by atoms with Crippen LogP contribution in [0.5, 0.6) is 0 Å². The molecule has 0 saturated carbocycles. The van der Waals surface area contributed by atoms with Gasteiger partial charge in [-0.15, -0.1) is 15.3 Å². The average molecular weight is 387 g/mol. The molecule has 3 aliphatic heterocycles. The lowest BCUT2D eigenvalue weighted by Crippen LogP contribution is -2.48. The standard InChI is InChI=1S/C20H30N6O2/c27-20(7-13-28-14-8-20)15-24-11-5-16(6-12-24)19-22-21-17-3-4-18(23-26(17)19)25-9-1-2-10-25/h3-4,16,27H,1-2,5-15H2. The second-order valence-corrected chi connectivity index (χ2v) is 8.60. The molecule has 3 fully saturated rings. The zero-order valence-electron chi connectivity index (χ0n) is 16.5. The molecule has 0 radical (unpaired) electrons. The van der Waals surface area contributed by atoms with Crippen molar-refractivity contribution in [1.29, 1.82) is 0 Å². The Balaban J connectivity index is 1.27. The highest BCUT2D eigenvalue weighted by atomic mass is 16.5. The maximum atomic E-state index is 10.8. The van der Waals surface area contributed by atoms with Crippen molar-refractivity contribution in [2.24, 2.45) is 0 Å². The molecule has 0 spiro atoms. The van der Waals surface area contributed by atoms with E-state index in [-0.39, 0.29) is 0 Å². The van der Waals surface area contributed by atoms with E-state index in [1.807, 2.05) is 10.6 Å². The van der Waals surface area contributed by atoms with E-state index in [2.05, 4.69) is 26.1 Å². The fourth-order valence-electron chi connectivity index (χ4n) is 4.84. The highest BCUT2D eigenvalue weighted by molar-refractivity contribution is 5.46. The van der Waals surface area contributed by atoms with Crippen LogP contribution in [-0.2, 0) is 4.74 Å². The van der Waals surface area contributed by atoms with Crippen molar-refractivity contribution in [2.45, 2.75) is 50.0 Å². The summed E-state index contributed by atoms with van der Waals surface area (Å²) in [5.41, 5.74) is 0.246. The van der Waals surface area contributed by atoms with Crippen molar-refractivity contribution in [3.05, 3.63) is 18.0 Å². The van der Waals surface area contributed by atoms with Gasteiger partial charge in [-0.25, -0.2) is 0 Å². The van der Waals surface area contributed by atoms with Crippen molar-refractivity contribution in [3.8, 4) is 0 Å². The molecule has 2 aromatic rings. The minimum Gasteiger partial charge on any atom is -0.388 e. The van der Waals surface area contributed by atoms with Crippen LogP contribution >= 0.6 is 0 Å². The van der Waals surface area contributed by atoms with Gasteiger partial charge in [0.1, 0.15) is 5.82 Å². The molecule has 3 saturated heterocycles. The minimum absolute atomic E-state index is 0.372. The predicted molar refractivity (Wildman–Crippen MR) is 106 cm³/mol. The highest BCUT2D eigenvalue weighted by Gasteiger charge is 2.34. The summed E-state index contributed by atoms with van der Waals surface area (Å²) in [6.07, 6.45) is 6.03. The number of aromatic nitrogens is 4. The van der Waals surface area contributed by atoms with Crippen molar-refractivity contribution in [2.75, 3.05) is 50.8 Å². The number of fused-ring (bicyclic) bond motifs is 1. The Hall–Kier alpha value is -1.77. The van der Waals surface area contributed by atoms with E-state index in [9.17, 15) is 5.11 Å². The van der Waals surface area contributed by atoms with Crippen LogP contribution in [0.2, 0.25) is 0 Å². The number of ether oxygens (including phenoxy) is 1. The first-order valence-electron chi connectivity index (χ1n) is 10.7. The SMILES string of the molecule is OC1(CN2CCC(c3nnc4ccc(N5CCCC5)nn34)CC2)CCOCC1. The van der Waals surface area contributed by atoms with Crippen LogP contribution in [0.3, 0.4) is 0 Å². The van der Waals surface area contributed by atoms with Gasteiger partial charge in [0.05, 0.1) is 5.60 Å². The molecule has 8 heteroatoms. The lowest BCUT2D eigenvalue weighted by atomic mass is 9.91. The van der Waals surface area contributed by atoms with Gasteiger partial charge in [-0.05, 0) is 50.9 Å². The Morgan fingerprint density at radius 3 is 2.54 bits per heavy atom. The van der Waals surface area contributed by atoms with Gasteiger partial charge < -0.3 is 19.6 Å². The summed E-state index contributed by atoms with van der Waals surface area (Å²) >= 11 is 0. The summed E-state index contributed by atoms with van der Waals surface area (Å²) in [4.78, 5) is 4.74. The lowest BCUT2D eigenvalue weighted by molar-refractivity contribution is -0.0821. The van der Waals surface area contributed by atoms with E-state index in [1.54, 1.807) is 0 Å². The summed E-state index contributed by atoms with van der Waals surface area (Å²) in [6, 6.07) is 4.10. The smallest absolute Gasteiger partial charge is 0.178 e. The summed E-state index contributed by atoms with van der Waals surface area (Å²) in [5.74, 6) is 2.39. The second kappa shape index (κ2) is 7.57. The fraction of sp³-hybridized carbons (Fsp3) is 0.750. The molecular weight excluding hydrogens is 356 g/mol. The van der Waals surface area contributed by atoms with E-state index in [0.29, 0.717) is 19.1 Å². The average Bonchev–Trinajstić information content (AvgIpc) is 3.38. The molecule has 0 unspecified atom stereocenters. The lowest BCUT2D eigenvalue weighted by Gasteiger charge is -2.39. The summed E-state index contributed by atoms with van der Waals surface area (Å²) < 4.78 is 7.36. The number of hydrogen-bond donors (Lipinski definition) is 1. The Morgan fingerprint density at radius 1 is 1.04 bits per heavy atom. The Labute approximate surface area is 165 Å². The molecule has 1 N–H and O–H groups in total. The second-order valence-electron chi connectivity index (χ2n) is 8.60. The van der Waals surface area contributed by atoms with E-state index < -0.39 is 5.60 Å². The molecule has 0 amide bonds. The van der Waals surface area contributed by atoms with Gasteiger partial charge >= 0.3 is 0 Å². The topological polar surface area (TPSA) is 79.0 Å². The third-order valence-electron chi connectivity index (χ3n) is 6.60. The number of nitrogens with zero attached hydrogens (tertiary/aromatic N) is 6. The van der Waals surface area contributed by atoms with Gasteiger partial charge in [-0.1, -0.05) is 0 Å². The molecular formula is C20H30N6O2. The molecule has 3 aliphatic rings. The van der Waals surface area contributed by atoms with Gasteiger partial charge in [0.25, 0.3) is 0 Å². The van der Waals surface area contributed by atoms with Crippen LogP contribution in [0.1, 0.15) is 50.3 Å². The molecule has 0 atom stereocenters. The van der Waals surface area contributed by atoms with Crippen LogP contribution in [0.25, 0.3) is 5.65 Å². The largest absolute Gasteiger partial charge is 0.388 e. The Bertz CT molecular complexity index is 804. The molecule has 5 heterocycles. The third-order valence-corrected chi connectivity index (χ3v) is 6.60. The van der Waals surface area contributed by atoms with Crippen molar-refractivity contribution >= 4 is 11.5 Å². The molecule has 2 aromatic heterocycles. The Kier molecular flexibility index (Phi) is 4.94. The summed E-state index contributed by atoms with van der Waals surface area (Å²) in [6.45, 7) is 6.22. The summed E-state index contributed by atoms with van der Waals surface area (Å²) in [7, 11) is 0. The zero-order valence-corrected chi connectivity index (χ0v) is 16.5. The number of aliphatic hydroxyl groups is 1. The highest BCUT2D eigenvalue weighted by Crippen LogP contribution is 2.30. The van der Waals surface area contributed by atoms with Gasteiger partial charge in [0.15, 0.2) is 11.5 Å². The minimum atomic E-state index is -0.584. The predicted octanol–water partition coefficient (Wildman–Crippen LogP) is 1.45. The molecule has 0 aliphatic carbocycles. The first-order valence-corrected chi connectivity index (χ1v) is 10.7. The molecule has 8 nitrogen and oxygen atoms in total. The maximum absolute atomic E-state index is 10.8. The quantitative estimate of drug-likeness (QED) is 0.852. The van der Waals surface area contributed by atoms with E-state index in [1.165, 1.54) is 12.8 Å².